The molecule has 5 nitrogen and oxygen atoms in total. The average Bonchev–Trinajstić information content (AvgIpc) is 2.34. The molecule has 0 atom stereocenters. The molecule has 1 aromatic carbocycles. The Bertz CT molecular complexity index is 516. The molecule has 0 aliphatic carbocycles. The number of amides is 1. The van der Waals surface area contributed by atoms with E-state index in [0.717, 1.165) is 18.2 Å². The van der Waals surface area contributed by atoms with Crippen molar-refractivity contribution in [1.82, 2.24) is 5.32 Å². The first kappa shape index (κ1) is 15.7. The summed E-state index contributed by atoms with van der Waals surface area (Å²) in [5, 5.41) is 10.2. The molecule has 0 unspecified atom stereocenters. The van der Waals surface area contributed by atoms with Gasteiger partial charge >= 0.3 is 18.1 Å². The molecule has 0 radical (unpaired) electrons. The number of carbonyl (C=O) groups excluding carboxylic acids is 1. The van der Waals surface area contributed by atoms with Gasteiger partial charge in [0.25, 0.3) is 0 Å². The van der Waals surface area contributed by atoms with Crippen LogP contribution in [0.1, 0.15) is 10.4 Å². The Balaban J connectivity index is 2.49. The van der Waals surface area contributed by atoms with Crippen LogP contribution < -0.4 is 10.1 Å². The van der Waals surface area contributed by atoms with E-state index in [-0.39, 0.29) is 12.4 Å². The molecule has 9 heteroatoms. The van der Waals surface area contributed by atoms with Gasteiger partial charge in [0.1, 0.15) is 18.2 Å². The summed E-state index contributed by atoms with van der Waals surface area (Å²) >= 11 is 0. The number of carbonyl (C=O) groups is 2. The molecule has 1 rings (SSSR count). The van der Waals surface area contributed by atoms with Crippen molar-refractivity contribution in [1.29, 1.82) is 0 Å². The van der Waals surface area contributed by atoms with E-state index in [0.29, 0.717) is 0 Å². The van der Waals surface area contributed by atoms with Crippen molar-refractivity contribution in [3.05, 3.63) is 29.6 Å². The third-order valence-electron chi connectivity index (χ3n) is 2.08. The number of carboxylic acid groups (broad SMARTS) is 1. The predicted molar refractivity (Wildman–Crippen MR) is 57.9 cm³/mol. The lowest BCUT2D eigenvalue weighted by Crippen LogP contribution is -2.38. The number of rotatable bonds is 5. The van der Waals surface area contributed by atoms with Crippen LogP contribution in [0.25, 0.3) is 0 Å². The largest absolute Gasteiger partial charge is 0.492 e. The number of hydrogen-bond donors (Lipinski definition) is 2. The maximum absolute atomic E-state index is 13.0. The second kappa shape index (κ2) is 6.22. The normalized spacial score (nSPS) is 11.0. The number of aromatic carboxylic acids is 1. The van der Waals surface area contributed by atoms with Crippen molar-refractivity contribution in [3.8, 4) is 5.75 Å². The zero-order chi connectivity index (χ0) is 15.3. The van der Waals surface area contributed by atoms with Crippen LogP contribution in [-0.2, 0) is 4.79 Å². The molecule has 0 bridgehead atoms. The van der Waals surface area contributed by atoms with Gasteiger partial charge in [-0.15, -0.1) is 0 Å². The second-order valence-electron chi connectivity index (χ2n) is 3.55. The van der Waals surface area contributed by atoms with Gasteiger partial charge in [-0.1, -0.05) is 0 Å². The minimum atomic E-state index is -4.98. The summed E-state index contributed by atoms with van der Waals surface area (Å²) in [7, 11) is 0. The quantitative estimate of drug-likeness (QED) is 0.639. The minimum absolute atomic E-state index is 0.0370. The van der Waals surface area contributed by atoms with E-state index in [1.54, 1.807) is 5.32 Å². The molecule has 0 fully saturated rings. The fourth-order valence-corrected chi connectivity index (χ4v) is 1.19. The van der Waals surface area contributed by atoms with Crippen LogP contribution in [0.15, 0.2) is 18.2 Å². The Morgan fingerprint density at radius 1 is 1.30 bits per heavy atom. The highest BCUT2D eigenvalue weighted by atomic mass is 19.4. The molecule has 1 amide bonds. The first-order chi connectivity index (χ1) is 9.21. The minimum Gasteiger partial charge on any atom is -0.492 e. The van der Waals surface area contributed by atoms with Gasteiger partial charge in [-0.3, -0.25) is 4.79 Å². The molecule has 0 aliphatic rings. The Labute approximate surface area is 110 Å². The number of ether oxygens (including phenoxy) is 1. The van der Waals surface area contributed by atoms with E-state index >= 15 is 0 Å². The summed E-state index contributed by atoms with van der Waals surface area (Å²) in [5.41, 5.74) is -0.623. The van der Waals surface area contributed by atoms with E-state index in [2.05, 4.69) is 0 Å². The van der Waals surface area contributed by atoms with Crippen LogP contribution in [0, 0.1) is 5.82 Å². The van der Waals surface area contributed by atoms with E-state index in [1.807, 2.05) is 0 Å². The third kappa shape index (κ3) is 4.41. The van der Waals surface area contributed by atoms with E-state index in [4.69, 9.17) is 9.84 Å². The van der Waals surface area contributed by atoms with Gasteiger partial charge < -0.3 is 15.2 Å². The smallest absolute Gasteiger partial charge is 0.471 e. The Kier molecular flexibility index (Phi) is 4.89. The molecule has 110 valence electrons. The second-order valence-corrected chi connectivity index (χ2v) is 3.55. The summed E-state index contributed by atoms with van der Waals surface area (Å²) in [6, 6.07) is 2.86. The first-order valence-electron chi connectivity index (χ1n) is 5.22. The van der Waals surface area contributed by atoms with Crippen LogP contribution in [0.2, 0.25) is 0 Å². The van der Waals surface area contributed by atoms with Gasteiger partial charge in [-0.05, 0) is 18.2 Å². The van der Waals surface area contributed by atoms with Gasteiger partial charge in [0.2, 0.25) is 0 Å². The van der Waals surface area contributed by atoms with Crippen molar-refractivity contribution in [2.75, 3.05) is 13.2 Å². The topological polar surface area (TPSA) is 75.6 Å². The standard InChI is InChI=1S/C11H9F4NO4/c12-8-2-1-6(5-7(8)9(17)18)20-4-3-16-10(19)11(13,14)15/h1-2,5H,3-4H2,(H,16,19)(H,17,18). The molecule has 20 heavy (non-hydrogen) atoms. The van der Waals surface area contributed by atoms with Gasteiger partial charge in [0.05, 0.1) is 12.1 Å². The van der Waals surface area contributed by atoms with Crippen LogP contribution in [0.4, 0.5) is 17.6 Å². The SMILES string of the molecule is O=C(O)c1cc(OCCNC(=O)C(F)(F)F)ccc1F. The highest BCUT2D eigenvalue weighted by molar-refractivity contribution is 5.88. The summed E-state index contributed by atoms with van der Waals surface area (Å²) < 4.78 is 53.4. The van der Waals surface area contributed by atoms with Crippen molar-refractivity contribution in [3.63, 3.8) is 0 Å². The van der Waals surface area contributed by atoms with Gasteiger partial charge in [-0.2, -0.15) is 13.2 Å². The van der Waals surface area contributed by atoms with Crippen molar-refractivity contribution in [2.24, 2.45) is 0 Å². The zero-order valence-corrected chi connectivity index (χ0v) is 9.83. The molecule has 0 saturated carbocycles. The zero-order valence-electron chi connectivity index (χ0n) is 9.83. The molecule has 1 aromatic rings. The maximum atomic E-state index is 13.0. The maximum Gasteiger partial charge on any atom is 0.471 e. The molecule has 2 N–H and O–H groups in total. The van der Waals surface area contributed by atoms with Gasteiger partial charge in [-0.25, -0.2) is 9.18 Å². The van der Waals surface area contributed by atoms with Crippen LogP contribution in [0.3, 0.4) is 0 Å². The summed E-state index contributed by atoms with van der Waals surface area (Å²) in [5.74, 6) is -4.61. The summed E-state index contributed by atoms with van der Waals surface area (Å²) in [6.45, 7) is -0.759. The lowest BCUT2D eigenvalue weighted by Gasteiger charge is -2.09. The molecular formula is C11H9F4NO4. The molecule has 0 saturated heterocycles. The fourth-order valence-electron chi connectivity index (χ4n) is 1.19. The Hall–Kier alpha value is -2.32. The van der Waals surface area contributed by atoms with Crippen LogP contribution in [0.5, 0.6) is 5.75 Å². The van der Waals surface area contributed by atoms with Crippen LogP contribution in [-0.4, -0.2) is 36.3 Å². The number of halogens is 4. The van der Waals surface area contributed by atoms with Crippen LogP contribution >= 0.6 is 0 Å². The number of benzene rings is 1. The fraction of sp³-hybridized carbons (Fsp3) is 0.273. The highest BCUT2D eigenvalue weighted by Crippen LogP contribution is 2.17. The van der Waals surface area contributed by atoms with Crippen molar-refractivity contribution in [2.45, 2.75) is 6.18 Å². The van der Waals surface area contributed by atoms with Crippen molar-refractivity contribution >= 4 is 11.9 Å². The molecule has 0 spiro atoms. The Morgan fingerprint density at radius 3 is 2.50 bits per heavy atom. The van der Waals surface area contributed by atoms with Gasteiger partial charge in [0, 0.05) is 0 Å². The summed E-state index contributed by atoms with van der Waals surface area (Å²) in [6.07, 6.45) is -4.98. The number of hydrogen-bond acceptors (Lipinski definition) is 3. The average molecular weight is 295 g/mol. The van der Waals surface area contributed by atoms with E-state index < -0.39 is 36.0 Å². The first-order valence-corrected chi connectivity index (χ1v) is 5.22. The Morgan fingerprint density at radius 2 is 1.95 bits per heavy atom. The third-order valence-corrected chi connectivity index (χ3v) is 2.08. The monoisotopic (exact) mass is 295 g/mol. The number of alkyl halides is 3. The van der Waals surface area contributed by atoms with E-state index in [9.17, 15) is 27.2 Å². The number of nitrogens with one attached hydrogen (secondary N) is 1. The molecule has 0 aromatic heterocycles. The van der Waals surface area contributed by atoms with E-state index in [1.165, 1.54) is 0 Å². The number of carboxylic acids is 1. The van der Waals surface area contributed by atoms with Gasteiger partial charge in [0.15, 0.2) is 0 Å². The lowest BCUT2D eigenvalue weighted by atomic mass is 10.2. The molecular weight excluding hydrogens is 286 g/mol. The van der Waals surface area contributed by atoms with Crippen molar-refractivity contribution < 1.29 is 37.0 Å². The molecule has 0 aliphatic heterocycles. The predicted octanol–water partition coefficient (Wildman–Crippen LogP) is 1.58. The summed E-state index contributed by atoms with van der Waals surface area (Å²) in [4.78, 5) is 21.1. The molecule has 0 heterocycles. The highest BCUT2D eigenvalue weighted by Gasteiger charge is 2.38. The lowest BCUT2D eigenvalue weighted by molar-refractivity contribution is -0.173.